The molecule has 0 aliphatic rings. The van der Waals surface area contributed by atoms with Crippen molar-refractivity contribution < 1.29 is 4.74 Å². The monoisotopic (exact) mass is 419 g/mol. The summed E-state index contributed by atoms with van der Waals surface area (Å²) in [4.78, 5) is 4.58. The fraction of sp³-hybridized carbons (Fsp3) is 0.200. The lowest BCUT2D eigenvalue weighted by atomic mass is 10.1. The van der Waals surface area contributed by atoms with Crippen molar-refractivity contribution in [2.24, 2.45) is 5.10 Å². The second kappa shape index (κ2) is 8.74. The molecule has 0 radical (unpaired) electrons. The number of nitrogens with zero attached hydrogens (tertiary/aromatic N) is 2. The van der Waals surface area contributed by atoms with E-state index in [1.165, 1.54) is 22.5 Å². The summed E-state index contributed by atoms with van der Waals surface area (Å²) in [5.41, 5.74) is 8.25. The standard InChI is InChI=1S/C20H19Cl2N3OS/c1-4-26-19-16(21)8-14(9-17(19)22)10-23-25-20-24-18(11-27-20)15-6-5-12(2)13(3)7-15/h5-11H,4H2,1-3H3,(H,24,25)/b23-10-. The summed E-state index contributed by atoms with van der Waals surface area (Å²) in [7, 11) is 0. The number of aromatic nitrogens is 1. The van der Waals surface area contributed by atoms with Crippen molar-refractivity contribution in [3.63, 3.8) is 0 Å². The molecule has 2 aromatic carbocycles. The number of anilines is 1. The normalized spacial score (nSPS) is 11.1. The van der Waals surface area contributed by atoms with Gasteiger partial charge >= 0.3 is 0 Å². The lowest BCUT2D eigenvalue weighted by Crippen LogP contribution is -1.95. The van der Waals surface area contributed by atoms with Gasteiger partial charge in [-0.2, -0.15) is 5.10 Å². The van der Waals surface area contributed by atoms with Crippen LogP contribution in [0.1, 0.15) is 23.6 Å². The van der Waals surface area contributed by atoms with Gasteiger partial charge in [0.15, 0.2) is 5.75 Å². The molecule has 0 amide bonds. The smallest absolute Gasteiger partial charge is 0.203 e. The van der Waals surface area contributed by atoms with E-state index in [9.17, 15) is 0 Å². The summed E-state index contributed by atoms with van der Waals surface area (Å²) in [6.45, 7) is 6.58. The van der Waals surface area contributed by atoms with Crippen molar-refractivity contribution in [3.05, 3.63) is 62.4 Å². The summed E-state index contributed by atoms with van der Waals surface area (Å²) in [6.07, 6.45) is 1.64. The van der Waals surface area contributed by atoms with Crippen LogP contribution >= 0.6 is 34.5 Å². The first-order valence-corrected chi connectivity index (χ1v) is 10.1. The molecule has 1 N–H and O–H groups in total. The molecule has 7 heteroatoms. The van der Waals surface area contributed by atoms with E-state index in [4.69, 9.17) is 27.9 Å². The highest BCUT2D eigenvalue weighted by Gasteiger charge is 2.09. The van der Waals surface area contributed by atoms with E-state index in [1.54, 1.807) is 18.3 Å². The van der Waals surface area contributed by atoms with Crippen LogP contribution in [0.15, 0.2) is 40.8 Å². The first-order chi connectivity index (χ1) is 13.0. The van der Waals surface area contributed by atoms with E-state index >= 15 is 0 Å². The molecule has 0 unspecified atom stereocenters. The van der Waals surface area contributed by atoms with Gasteiger partial charge in [0.1, 0.15) is 0 Å². The van der Waals surface area contributed by atoms with E-state index in [0.717, 1.165) is 16.8 Å². The predicted molar refractivity (Wildman–Crippen MR) is 116 cm³/mol. The Morgan fingerprint density at radius 2 is 1.89 bits per heavy atom. The summed E-state index contributed by atoms with van der Waals surface area (Å²) in [5.74, 6) is 0.490. The quantitative estimate of drug-likeness (QED) is 0.362. The maximum atomic E-state index is 6.20. The van der Waals surface area contributed by atoms with Crippen molar-refractivity contribution >= 4 is 45.9 Å². The van der Waals surface area contributed by atoms with E-state index in [2.05, 4.69) is 47.6 Å². The number of halogens is 2. The summed E-state index contributed by atoms with van der Waals surface area (Å²) < 4.78 is 5.42. The maximum absolute atomic E-state index is 6.20. The second-order valence-corrected chi connectivity index (χ2v) is 7.63. The molecule has 0 aliphatic carbocycles. The fourth-order valence-corrected chi connectivity index (χ4v) is 3.74. The van der Waals surface area contributed by atoms with Crippen molar-refractivity contribution in [1.82, 2.24) is 4.98 Å². The molecule has 0 fully saturated rings. The predicted octanol–water partition coefficient (Wildman–Crippen LogP) is 6.58. The van der Waals surface area contributed by atoms with Crippen LogP contribution in [0.4, 0.5) is 5.13 Å². The number of rotatable bonds is 6. The Labute approximate surface area is 172 Å². The molecule has 3 aromatic rings. The van der Waals surface area contributed by atoms with Gasteiger partial charge in [0.2, 0.25) is 5.13 Å². The molecule has 0 atom stereocenters. The zero-order valence-corrected chi connectivity index (χ0v) is 17.5. The van der Waals surface area contributed by atoms with Crippen LogP contribution in [0, 0.1) is 13.8 Å². The van der Waals surface area contributed by atoms with Crippen LogP contribution in [-0.4, -0.2) is 17.8 Å². The van der Waals surface area contributed by atoms with Gasteiger partial charge in [0, 0.05) is 10.9 Å². The van der Waals surface area contributed by atoms with Gasteiger partial charge < -0.3 is 4.74 Å². The number of ether oxygens (including phenoxy) is 1. The number of hydrogen-bond acceptors (Lipinski definition) is 5. The Bertz CT molecular complexity index is 962. The van der Waals surface area contributed by atoms with Crippen molar-refractivity contribution in [1.29, 1.82) is 0 Å². The number of thiazole rings is 1. The molecule has 0 aliphatic heterocycles. The van der Waals surface area contributed by atoms with Gasteiger partial charge in [-0.25, -0.2) is 4.98 Å². The highest BCUT2D eigenvalue weighted by Crippen LogP contribution is 2.34. The molecular weight excluding hydrogens is 401 g/mol. The molecule has 27 heavy (non-hydrogen) atoms. The minimum atomic E-state index is 0.456. The molecule has 0 bridgehead atoms. The van der Waals surface area contributed by atoms with Crippen molar-refractivity contribution in [3.8, 4) is 17.0 Å². The van der Waals surface area contributed by atoms with E-state index < -0.39 is 0 Å². The van der Waals surface area contributed by atoms with E-state index in [0.29, 0.717) is 27.5 Å². The Morgan fingerprint density at radius 3 is 2.56 bits per heavy atom. The molecule has 1 aromatic heterocycles. The Balaban J connectivity index is 1.70. The van der Waals surface area contributed by atoms with Crippen LogP contribution < -0.4 is 10.2 Å². The van der Waals surface area contributed by atoms with E-state index in [-0.39, 0.29) is 0 Å². The molecule has 0 saturated carbocycles. The van der Waals surface area contributed by atoms with Crippen LogP contribution in [-0.2, 0) is 0 Å². The van der Waals surface area contributed by atoms with Gasteiger partial charge in [-0.3, -0.25) is 5.43 Å². The zero-order valence-electron chi connectivity index (χ0n) is 15.2. The molecule has 3 rings (SSSR count). The minimum Gasteiger partial charge on any atom is -0.491 e. The van der Waals surface area contributed by atoms with Crippen LogP contribution in [0.3, 0.4) is 0 Å². The number of hydrazone groups is 1. The summed E-state index contributed by atoms with van der Waals surface area (Å²) in [6, 6.07) is 9.84. The van der Waals surface area contributed by atoms with Gasteiger partial charge in [-0.05, 0) is 55.7 Å². The third-order valence-corrected chi connectivity index (χ3v) is 5.30. The minimum absolute atomic E-state index is 0.456. The Kier molecular flexibility index (Phi) is 6.37. The molecule has 0 saturated heterocycles. The van der Waals surface area contributed by atoms with Gasteiger partial charge in [0.05, 0.1) is 28.6 Å². The molecular formula is C20H19Cl2N3OS. The average molecular weight is 420 g/mol. The van der Waals surface area contributed by atoms with Crippen LogP contribution in [0.2, 0.25) is 10.0 Å². The van der Waals surface area contributed by atoms with Gasteiger partial charge in [-0.15, -0.1) is 11.3 Å². The first kappa shape index (κ1) is 19.7. The highest BCUT2D eigenvalue weighted by atomic mass is 35.5. The highest BCUT2D eigenvalue weighted by molar-refractivity contribution is 7.14. The molecule has 1 heterocycles. The Hall–Kier alpha value is -2.08. The Morgan fingerprint density at radius 1 is 1.15 bits per heavy atom. The lowest BCUT2D eigenvalue weighted by Gasteiger charge is -2.08. The summed E-state index contributed by atoms with van der Waals surface area (Å²) >= 11 is 13.9. The first-order valence-electron chi connectivity index (χ1n) is 8.42. The van der Waals surface area contributed by atoms with Crippen LogP contribution in [0.5, 0.6) is 5.75 Å². The largest absolute Gasteiger partial charge is 0.491 e. The molecule has 0 spiro atoms. The number of benzene rings is 2. The molecule has 4 nitrogen and oxygen atoms in total. The lowest BCUT2D eigenvalue weighted by molar-refractivity contribution is 0.340. The molecule has 140 valence electrons. The number of nitrogens with one attached hydrogen (secondary N) is 1. The van der Waals surface area contributed by atoms with Gasteiger partial charge in [0.25, 0.3) is 0 Å². The second-order valence-electron chi connectivity index (χ2n) is 5.95. The average Bonchev–Trinajstić information content (AvgIpc) is 3.09. The fourth-order valence-electron chi connectivity index (χ4n) is 2.46. The number of aryl methyl sites for hydroxylation is 2. The summed E-state index contributed by atoms with van der Waals surface area (Å²) in [5, 5.41) is 7.85. The van der Waals surface area contributed by atoms with Crippen LogP contribution in [0.25, 0.3) is 11.3 Å². The van der Waals surface area contributed by atoms with Crippen molar-refractivity contribution in [2.45, 2.75) is 20.8 Å². The van der Waals surface area contributed by atoms with E-state index in [1.807, 2.05) is 12.3 Å². The van der Waals surface area contributed by atoms with Crippen molar-refractivity contribution in [2.75, 3.05) is 12.0 Å². The topological polar surface area (TPSA) is 46.5 Å². The number of hydrogen-bond donors (Lipinski definition) is 1. The van der Waals surface area contributed by atoms with Gasteiger partial charge in [-0.1, -0.05) is 35.3 Å². The maximum Gasteiger partial charge on any atom is 0.203 e. The SMILES string of the molecule is CCOc1c(Cl)cc(/C=N\Nc2nc(-c3ccc(C)c(C)c3)cs2)cc1Cl. The third kappa shape index (κ3) is 4.80. The zero-order chi connectivity index (χ0) is 19.4. The third-order valence-electron chi connectivity index (χ3n) is 3.99.